The van der Waals surface area contributed by atoms with Crippen LogP contribution in [-0.2, 0) is 18.9 Å². The quantitative estimate of drug-likeness (QED) is 0.770. The molecular weight excluding hydrogens is 322 g/mol. The largest absolute Gasteiger partial charge is 0.485 e. The highest BCUT2D eigenvalue weighted by molar-refractivity contribution is 5.96. The SMILES string of the molecule is Cn1c(=O)n(C)c2cc(NC(=O)[C@@H]3COc4ccccc4O3)ccc21. The van der Waals surface area contributed by atoms with Crippen molar-refractivity contribution in [3.63, 3.8) is 0 Å². The van der Waals surface area contributed by atoms with E-state index in [-0.39, 0.29) is 18.2 Å². The van der Waals surface area contributed by atoms with Gasteiger partial charge in [0.1, 0.15) is 6.61 Å². The lowest BCUT2D eigenvalue weighted by Crippen LogP contribution is -2.40. The van der Waals surface area contributed by atoms with Gasteiger partial charge in [-0.05, 0) is 30.3 Å². The number of nitrogens with one attached hydrogen (secondary N) is 1. The molecule has 3 aromatic rings. The average Bonchev–Trinajstić information content (AvgIpc) is 2.85. The Kier molecular flexibility index (Phi) is 3.49. The number of hydrogen-bond acceptors (Lipinski definition) is 4. The van der Waals surface area contributed by atoms with Gasteiger partial charge in [-0.25, -0.2) is 4.79 Å². The number of aryl methyl sites for hydroxylation is 2. The number of carbonyl (C=O) groups excluding carboxylic acids is 1. The van der Waals surface area contributed by atoms with E-state index in [1.807, 2.05) is 12.1 Å². The molecule has 1 aliphatic heterocycles. The van der Waals surface area contributed by atoms with Gasteiger partial charge in [0.15, 0.2) is 11.5 Å². The molecule has 0 saturated carbocycles. The van der Waals surface area contributed by atoms with E-state index in [0.29, 0.717) is 17.2 Å². The summed E-state index contributed by atoms with van der Waals surface area (Å²) in [6.07, 6.45) is -0.731. The van der Waals surface area contributed by atoms with Crippen LogP contribution in [0.2, 0.25) is 0 Å². The molecule has 0 radical (unpaired) electrons. The Hall–Kier alpha value is -3.22. The van der Waals surface area contributed by atoms with E-state index in [1.54, 1.807) is 53.6 Å². The first kappa shape index (κ1) is 15.3. The van der Waals surface area contributed by atoms with E-state index in [4.69, 9.17) is 9.47 Å². The van der Waals surface area contributed by atoms with Crippen LogP contribution in [0.25, 0.3) is 11.0 Å². The van der Waals surface area contributed by atoms with Crippen LogP contribution in [-0.4, -0.2) is 27.8 Å². The van der Waals surface area contributed by atoms with Gasteiger partial charge in [0.25, 0.3) is 5.91 Å². The highest BCUT2D eigenvalue weighted by Gasteiger charge is 2.27. The summed E-state index contributed by atoms with van der Waals surface area (Å²) in [5, 5.41) is 2.82. The average molecular weight is 339 g/mol. The van der Waals surface area contributed by atoms with Gasteiger partial charge >= 0.3 is 5.69 Å². The lowest BCUT2D eigenvalue weighted by Gasteiger charge is -2.25. The van der Waals surface area contributed by atoms with Crippen molar-refractivity contribution in [2.24, 2.45) is 14.1 Å². The topological polar surface area (TPSA) is 74.5 Å². The van der Waals surface area contributed by atoms with Gasteiger partial charge in [-0.1, -0.05) is 12.1 Å². The maximum absolute atomic E-state index is 12.5. The third-order valence-corrected chi connectivity index (χ3v) is 4.34. The van der Waals surface area contributed by atoms with Gasteiger partial charge < -0.3 is 14.8 Å². The number of imidazole rings is 1. The normalized spacial score (nSPS) is 16.0. The molecule has 2 aromatic carbocycles. The molecule has 0 spiro atoms. The summed E-state index contributed by atoms with van der Waals surface area (Å²) in [6, 6.07) is 12.6. The first-order valence-electron chi connectivity index (χ1n) is 7.89. The van der Waals surface area contributed by atoms with Gasteiger partial charge in [-0.3, -0.25) is 13.9 Å². The molecule has 7 nitrogen and oxygen atoms in total. The minimum Gasteiger partial charge on any atom is -0.485 e. The molecular formula is C18H17N3O4. The van der Waals surface area contributed by atoms with E-state index in [0.717, 1.165) is 11.0 Å². The standard InChI is InChI=1S/C18H17N3O4/c1-20-12-8-7-11(9-13(12)21(2)18(20)23)19-17(22)16-10-24-14-5-3-4-6-15(14)25-16/h3-9,16H,10H2,1-2H3,(H,19,22)/t16-/m0/s1. The summed E-state index contributed by atoms with van der Waals surface area (Å²) in [6.45, 7) is 0.148. The van der Waals surface area contributed by atoms with Crippen LogP contribution in [0.3, 0.4) is 0 Å². The van der Waals surface area contributed by atoms with Crippen LogP contribution in [0.5, 0.6) is 11.5 Å². The number of ether oxygens (including phenoxy) is 2. The smallest absolute Gasteiger partial charge is 0.328 e. The first-order chi connectivity index (χ1) is 12.0. The van der Waals surface area contributed by atoms with Crippen molar-refractivity contribution in [2.45, 2.75) is 6.10 Å². The van der Waals surface area contributed by atoms with Crippen LogP contribution in [0.15, 0.2) is 47.3 Å². The van der Waals surface area contributed by atoms with Crippen molar-refractivity contribution >= 4 is 22.6 Å². The van der Waals surface area contributed by atoms with Crippen molar-refractivity contribution in [1.82, 2.24) is 9.13 Å². The lowest BCUT2D eigenvalue weighted by molar-refractivity contribution is -0.125. The van der Waals surface area contributed by atoms with E-state index in [2.05, 4.69) is 5.32 Å². The number of amides is 1. The van der Waals surface area contributed by atoms with Crippen LogP contribution in [0, 0.1) is 0 Å². The lowest BCUT2D eigenvalue weighted by atomic mass is 10.2. The summed E-state index contributed by atoms with van der Waals surface area (Å²) >= 11 is 0. The molecule has 1 amide bonds. The molecule has 0 unspecified atom stereocenters. The summed E-state index contributed by atoms with van der Waals surface area (Å²) in [5.74, 6) is 0.886. The molecule has 7 heteroatoms. The van der Waals surface area contributed by atoms with E-state index in [1.165, 1.54) is 0 Å². The molecule has 0 bridgehead atoms. The summed E-state index contributed by atoms with van der Waals surface area (Å²) in [5.41, 5.74) is 2.04. The number of fused-ring (bicyclic) bond motifs is 2. The third-order valence-electron chi connectivity index (χ3n) is 4.34. The van der Waals surface area contributed by atoms with Crippen molar-refractivity contribution < 1.29 is 14.3 Å². The Balaban J connectivity index is 1.56. The molecule has 1 N–H and O–H groups in total. The molecule has 1 aliphatic rings. The van der Waals surface area contributed by atoms with E-state index >= 15 is 0 Å². The fourth-order valence-electron chi connectivity index (χ4n) is 2.96. The molecule has 0 aliphatic carbocycles. The Morgan fingerprint density at radius 2 is 1.80 bits per heavy atom. The Morgan fingerprint density at radius 3 is 2.60 bits per heavy atom. The Labute approximate surface area is 143 Å². The maximum Gasteiger partial charge on any atom is 0.328 e. The molecule has 0 saturated heterocycles. The predicted molar refractivity (Wildman–Crippen MR) is 93.1 cm³/mol. The zero-order valence-electron chi connectivity index (χ0n) is 13.9. The van der Waals surface area contributed by atoms with Gasteiger partial charge in [0.2, 0.25) is 6.10 Å². The summed E-state index contributed by atoms with van der Waals surface area (Å²) in [7, 11) is 3.42. The van der Waals surface area contributed by atoms with Gasteiger partial charge in [-0.2, -0.15) is 0 Å². The fraction of sp³-hybridized carbons (Fsp3) is 0.222. The Bertz CT molecular complexity index is 1030. The number of rotatable bonds is 2. The number of carbonyl (C=O) groups is 1. The number of para-hydroxylation sites is 2. The van der Waals surface area contributed by atoms with Crippen molar-refractivity contribution in [3.05, 3.63) is 52.9 Å². The second-order valence-corrected chi connectivity index (χ2v) is 5.96. The molecule has 4 rings (SSSR count). The molecule has 2 heterocycles. The van der Waals surface area contributed by atoms with Crippen molar-refractivity contribution in [2.75, 3.05) is 11.9 Å². The van der Waals surface area contributed by atoms with Crippen LogP contribution in [0.1, 0.15) is 0 Å². The molecule has 1 atom stereocenters. The third kappa shape index (κ3) is 2.53. The highest BCUT2D eigenvalue weighted by atomic mass is 16.6. The minimum atomic E-state index is -0.731. The molecule has 1 aromatic heterocycles. The molecule has 128 valence electrons. The Morgan fingerprint density at radius 1 is 1.08 bits per heavy atom. The fourth-order valence-corrected chi connectivity index (χ4v) is 2.96. The predicted octanol–water partition coefficient (Wildman–Crippen LogP) is 1.66. The van der Waals surface area contributed by atoms with Gasteiger partial charge in [-0.15, -0.1) is 0 Å². The monoisotopic (exact) mass is 339 g/mol. The van der Waals surface area contributed by atoms with Crippen molar-refractivity contribution in [1.29, 1.82) is 0 Å². The van der Waals surface area contributed by atoms with E-state index in [9.17, 15) is 9.59 Å². The first-order valence-corrected chi connectivity index (χ1v) is 7.89. The number of hydrogen-bond donors (Lipinski definition) is 1. The molecule has 25 heavy (non-hydrogen) atoms. The number of anilines is 1. The second kappa shape index (κ2) is 5.70. The van der Waals surface area contributed by atoms with Crippen LogP contribution in [0.4, 0.5) is 5.69 Å². The minimum absolute atomic E-state index is 0.112. The highest BCUT2D eigenvalue weighted by Crippen LogP contribution is 2.31. The number of aromatic nitrogens is 2. The van der Waals surface area contributed by atoms with Gasteiger partial charge in [0.05, 0.1) is 11.0 Å². The number of nitrogens with zero attached hydrogens (tertiary/aromatic N) is 2. The second-order valence-electron chi connectivity index (χ2n) is 5.96. The summed E-state index contributed by atoms with van der Waals surface area (Å²) < 4.78 is 14.4. The summed E-state index contributed by atoms with van der Waals surface area (Å²) in [4.78, 5) is 24.5. The zero-order chi connectivity index (χ0) is 17.6. The molecule has 0 fully saturated rings. The van der Waals surface area contributed by atoms with Crippen LogP contribution < -0.4 is 20.5 Å². The van der Waals surface area contributed by atoms with Crippen molar-refractivity contribution in [3.8, 4) is 11.5 Å². The van der Waals surface area contributed by atoms with E-state index < -0.39 is 6.10 Å². The zero-order valence-corrected chi connectivity index (χ0v) is 13.9. The van der Waals surface area contributed by atoms with Crippen LogP contribution >= 0.6 is 0 Å². The van der Waals surface area contributed by atoms with Gasteiger partial charge in [0, 0.05) is 19.8 Å². The number of benzene rings is 2. The maximum atomic E-state index is 12.5.